The van der Waals surface area contributed by atoms with Gasteiger partial charge in [0, 0.05) is 25.2 Å². The second-order valence-electron chi connectivity index (χ2n) is 6.15. The SMILES string of the molecule is CCNC(c1ccccc1)C(C(C)C)N(C)C(C)COC. The van der Waals surface area contributed by atoms with E-state index >= 15 is 0 Å². The van der Waals surface area contributed by atoms with E-state index in [0.717, 1.165) is 13.2 Å². The zero-order valence-corrected chi connectivity index (χ0v) is 14.5. The quantitative estimate of drug-likeness (QED) is 0.755. The van der Waals surface area contributed by atoms with Crippen LogP contribution in [-0.4, -0.2) is 44.3 Å². The first-order chi connectivity index (χ1) is 10.0. The summed E-state index contributed by atoms with van der Waals surface area (Å²) in [5.74, 6) is 0.554. The molecule has 0 saturated heterocycles. The second kappa shape index (κ2) is 9.19. The van der Waals surface area contributed by atoms with Gasteiger partial charge < -0.3 is 10.1 Å². The summed E-state index contributed by atoms with van der Waals surface area (Å²) in [4.78, 5) is 2.45. The first kappa shape index (κ1) is 18.1. The lowest BCUT2D eigenvalue weighted by Gasteiger charge is -2.41. The van der Waals surface area contributed by atoms with Crippen molar-refractivity contribution in [2.75, 3.05) is 27.3 Å². The number of ether oxygens (including phenoxy) is 1. The molecule has 1 aromatic rings. The fourth-order valence-corrected chi connectivity index (χ4v) is 3.06. The van der Waals surface area contributed by atoms with Gasteiger partial charge in [-0.2, -0.15) is 0 Å². The van der Waals surface area contributed by atoms with E-state index in [1.165, 1.54) is 5.56 Å². The largest absolute Gasteiger partial charge is 0.383 e. The van der Waals surface area contributed by atoms with Gasteiger partial charge in [-0.25, -0.2) is 0 Å². The maximum Gasteiger partial charge on any atom is 0.0615 e. The highest BCUT2D eigenvalue weighted by Gasteiger charge is 2.31. The van der Waals surface area contributed by atoms with Crippen molar-refractivity contribution < 1.29 is 4.74 Å². The lowest BCUT2D eigenvalue weighted by molar-refractivity contribution is 0.0563. The van der Waals surface area contributed by atoms with E-state index in [9.17, 15) is 0 Å². The average Bonchev–Trinajstić information content (AvgIpc) is 2.47. The summed E-state index contributed by atoms with van der Waals surface area (Å²) in [6.07, 6.45) is 0. The Morgan fingerprint density at radius 1 is 1.14 bits per heavy atom. The van der Waals surface area contributed by atoms with Crippen molar-refractivity contribution in [2.24, 2.45) is 5.92 Å². The Morgan fingerprint density at radius 2 is 1.76 bits per heavy atom. The minimum atomic E-state index is 0.334. The van der Waals surface area contributed by atoms with Crippen molar-refractivity contribution >= 4 is 0 Å². The molecule has 0 heterocycles. The molecule has 0 saturated carbocycles. The van der Waals surface area contributed by atoms with E-state index in [4.69, 9.17) is 4.74 Å². The highest BCUT2D eigenvalue weighted by molar-refractivity contribution is 5.21. The molecule has 1 N–H and O–H groups in total. The Labute approximate surface area is 130 Å². The lowest BCUT2D eigenvalue weighted by atomic mass is 9.89. The van der Waals surface area contributed by atoms with Gasteiger partial charge in [-0.05, 0) is 32.0 Å². The van der Waals surface area contributed by atoms with Crippen molar-refractivity contribution in [3.63, 3.8) is 0 Å². The van der Waals surface area contributed by atoms with Gasteiger partial charge in [0.2, 0.25) is 0 Å². The number of hydrogen-bond donors (Lipinski definition) is 1. The molecule has 3 heteroatoms. The summed E-state index contributed by atoms with van der Waals surface area (Å²) >= 11 is 0. The Balaban J connectivity index is 3.03. The van der Waals surface area contributed by atoms with Crippen LogP contribution in [-0.2, 0) is 4.74 Å². The van der Waals surface area contributed by atoms with Crippen LogP contribution in [0.15, 0.2) is 30.3 Å². The van der Waals surface area contributed by atoms with Crippen LogP contribution in [0.4, 0.5) is 0 Å². The molecule has 0 aliphatic heterocycles. The maximum atomic E-state index is 5.34. The topological polar surface area (TPSA) is 24.5 Å². The Hall–Kier alpha value is -0.900. The van der Waals surface area contributed by atoms with Crippen LogP contribution >= 0.6 is 0 Å². The van der Waals surface area contributed by atoms with Gasteiger partial charge in [0.25, 0.3) is 0 Å². The van der Waals surface area contributed by atoms with Gasteiger partial charge in [0.1, 0.15) is 0 Å². The van der Waals surface area contributed by atoms with Gasteiger partial charge >= 0.3 is 0 Å². The van der Waals surface area contributed by atoms with Crippen LogP contribution in [0.2, 0.25) is 0 Å². The van der Waals surface area contributed by atoms with E-state index in [0.29, 0.717) is 24.0 Å². The number of likely N-dealkylation sites (N-methyl/N-ethyl adjacent to an activating group) is 2. The minimum Gasteiger partial charge on any atom is -0.383 e. The highest BCUT2D eigenvalue weighted by atomic mass is 16.5. The summed E-state index contributed by atoms with van der Waals surface area (Å²) in [6, 6.07) is 11.9. The predicted molar refractivity (Wildman–Crippen MR) is 90.6 cm³/mol. The number of nitrogens with zero attached hydrogens (tertiary/aromatic N) is 1. The molecule has 3 unspecified atom stereocenters. The zero-order chi connectivity index (χ0) is 15.8. The van der Waals surface area contributed by atoms with E-state index in [-0.39, 0.29) is 0 Å². The first-order valence-electron chi connectivity index (χ1n) is 8.02. The van der Waals surface area contributed by atoms with Gasteiger partial charge in [-0.3, -0.25) is 4.90 Å². The first-order valence-corrected chi connectivity index (χ1v) is 8.02. The van der Waals surface area contributed by atoms with Gasteiger partial charge in [-0.1, -0.05) is 51.1 Å². The molecule has 21 heavy (non-hydrogen) atoms. The number of rotatable bonds is 9. The minimum absolute atomic E-state index is 0.334. The Kier molecular flexibility index (Phi) is 7.94. The van der Waals surface area contributed by atoms with Crippen LogP contribution < -0.4 is 5.32 Å². The Morgan fingerprint density at radius 3 is 2.24 bits per heavy atom. The van der Waals surface area contributed by atoms with E-state index in [1.54, 1.807) is 7.11 Å². The van der Waals surface area contributed by atoms with Crippen molar-refractivity contribution in [2.45, 2.75) is 45.8 Å². The van der Waals surface area contributed by atoms with Crippen molar-refractivity contribution in [1.29, 1.82) is 0 Å². The highest BCUT2D eigenvalue weighted by Crippen LogP contribution is 2.27. The molecule has 0 aliphatic carbocycles. The molecule has 0 aliphatic rings. The van der Waals surface area contributed by atoms with Crippen LogP contribution in [0.3, 0.4) is 0 Å². The third-order valence-electron chi connectivity index (χ3n) is 4.18. The van der Waals surface area contributed by atoms with E-state index in [2.05, 4.69) is 75.3 Å². The van der Waals surface area contributed by atoms with E-state index in [1.807, 2.05) is 0 Å². The van der Waals surface area contributed by atoms with Crippen molar-refractivity contribution in [3.8, 4) is 0 Å². The Bertz CT molecular complexity index is 380. The van der Waals surface area contributed by atoms with Crippen LogP contribution in [0.5, 0.6) is 0 Å². The molecule has 0 radical (unpaired) electrons. The van der Waals surface area contributed by atoms with Crippen LogP contribution in [0.1, 0.15) is 39.3 Å². The molecule has 0 spiro atoms. The fraction of sp³-hybridized carbons (Fsp3) is 0.667. The van der Waals surface area contributed by atoms with Gasteiger partial charge in [-0.15, -0.1) is 0 Å². The second-order valence-corrected chi connectivity index (χ2v) is 6.15. The average molecular weight is 292 g/mol. The molecule has 0 aromatic heterocycles. The molecular weight excluding hydrogens is 260 g/mol. The third-order valence-corrected chi connectivity index (χ3v) is 4.18. The van der Waals surface area contributed by atoms with Crippen LogP contribution in [0.25, 0.3) is 0 Å². The molecule has 1 aromatic carbocycles. The summed E-state index contributed by atoms with van der Waals surface area (Å²) in [7, 11) is 3.98. The summed E-state index contributed by atoms with van der Waals surface area (Å²) in [5.41, 5.74) is 1.36. The molecule has 0 bridgehead atoms. The smallest absolute Gasteiger partial charge is 0.0615 e. The monoisotopic (exact) mass is 292 g/mol. The van der Waals surface area contributed by atoms with Crippen LogP contribution in [0, 0.1) is 5.92 Å². The molecule has 1 rings (SSSR count). The number of benzene rings is 1. The normalized spacial score (nSPS) is 16.2. The number of hydrogen-bond acceptors (Lipinski definition) is 3. The molecule has 3 atom stereocenters. The fourth-order valence-electron chi connectivity index (χ4n) is 3.06. The van der Waals surface area contributed by atoms with Crippen molar-refractivity contribution in [1.82, 2.24) is 10.2 Å². The van der Waals surface area contributed by atoms with Gasteiger partial charge in [0.15, 0.2) is 0 Å². The van der Waals surface area contributed by atoms with E-state index < -0.39 is 0 Å². The number of nitrogens with one attached hydrogen (secondary N) is 1. The van der Waals surface area contributed by atoms with Crippen molar-refractivity contribution in [3.05, 3.63) is 35.9 Å². The number of methoxy groups -OCH3 is 1. The summed E-state index contributed by atoms with van der Waals surface area (Å²) < 4.78 is 5.34. The predicted octanol–water partition coefficient (Wildman–Crippen LogP) is 3.33. The standard InChI is InChI=1S/C18H32N2O/c1-7-19-17(16-11-9-8-10-12-16)18(14(2)3)20(5)15(4)13-21-6/h8-12,14-15,17-19H,7,13H2,1-6H3. The molecule has 0 amide bonds. The van der Waals surface area contributed by atoms with Gasteiger partial charge in [0.05, 0.1) is 6.61 Å². The summed E-state index contributed by atoms with van der Waals surface area (Å²) in [6.45, 7) is 10.7. The molecule has 120 valence electrons. The molecule has 0 fully saturated rings. The maximum absolute atomic E-state index is 5.34. The third kappa shape index (κ3) is 5.10. The molecule has 3 nitrogen and oxygen atoms in total. The zero-order valence-electron chi connectivity index (χ0n) is 14.5. The summed E-state index contributed by atoms with van der Waals surface area (Å²) in [5, 5.41) is 3.68. The molecular formula is C18H32N2O. The lowest BCUT2D eigenvalue weighted by Crippen LogP contribution is -2.50.